The number of fused-ring (bicyclic) bond motifs is 1. The summed E-state index contributed by atoms with van der Waals surface area (Å²) in [5.41, 5.74) is 0.728. The highest BCUT2D eigenvalue weighted by Crippen LogP contribution is 2.37. The fourth-order valence-electron chi connectivity index (χ4n) is 3.54. The summed E-state index contributed by atoms with van der Waals surface area (Å²) < 4.78 is 11.6. The Balaban J connectivity index is 1.41. The SMILES string of the molecule is COc1ccc(OC)c(NC(=S)N2CCN(C(=O)c3sc4cc(Cl)ccc4c3Cl)CC2)c1. The van der Waals surface area contributed by atoms with Crippen molar-refractivity contribution in [3.63, 3.8) is 0 Å². The Hall–Kier alpha value is -2.26. The van der Waals surface area contributed by atoms with Crippen LogP contribution in [0.5, 0.6) is 11.5 Å². The van der Waals surface area contributed by atoms with Crippen LogP contribution in [0.15, 0.2) is 36.4 Å². The Bertz CT molecular complexity index is 1180. The molecule has 1 fully saturated rings. The number of hydrogen-bond acceptors (Lipinski definition) is 5. The van der Waals surface area contributed by atoms with E-state index >= 15 is 0 Å². The number of amides is 1. The smallest absolute Gasteiger partial charge is 0.265 e. The average molecular weight is 510 g/mol. The number of anilines is 1. The molecule has 1 aromatic heterocycles. The standard InChI is InChI=1S/C22H21Cl2N3O3S2/c1-29-14-4-6-17(30-2)16(12-14)25-22(31)27-9-7-26(8-10-27)21(28)20-19(24)15-5-3-13(23)11-18(15)32-20/h3-6,11-12H,7-10H2,1-2H3,(H,25,31). The Kier molecular flexibility index (Phi) is 6.95. The van der Waals surface area contributed by atoms with Crippen LogP contribution < -0.4 is 14.8 Å². The van der Waals surface area contributed by atoms with Gasteiger partial charge in [0.05, 0.1) is 24.9 Å². The van der Waals surface area contributed by atoms with Gasteiger partial charge in [-0.3, -0.25) is 4.79 Å². The second-order valence-corrected chi connectivity index (χ2v) is 9.41. The number of hydrogen-bond donors (Lipinski definition) is 1. The molecule has 0 atom stereocenters. The summed E-state index contributed by atoms with van der Waals surface area (Å²) in [6, 6.07) is 10.9. The van der Waals surface area contributed by atoms with Crippen LogP contribution in [-0.4, -0.2) is 61.2 Å². The van der Waals surface area contributed by atoms with Gasteiger partial charge in [-0.2, -0.15) is 0 Å². The van der Waals surface area contributed by atoms with Crippen molar-refractivity contribution < 1.29 is 14.3 Å². The lowest BCUT2D eigenvalue weighted by molar-refractivity contribution is 0.0698. The number of nitrogens with one attached hydrogen (secondary N) is 1. The molecule has 0 bridgehead atoms. The molecule has 1 aliphatic heterocycles. The molecular weight excluding hydrogens is 489 g/mol. The first-order chi connectivity index (χ1) is 15.4. The second-order valence-electron chi connectivity index (χ2n) is 7.16. The first-order valence-corrected chi connectivity index (χ1v) is 11.8. The molecule has 3 aromatic rings. The molecule has 1 amide bonds. The van der Waals surface area contributed by atoms with Gasteiger partial charge in [0.1, 0.15) is 16.4 Å². The van der Waals surface area contributed by atoms with Crippen molar-refractivity contribution in [2.24, 2.45) is 0 Å². The second kappa shape index (κ2) is 9.70. The zero-order chi connectivity index (χ0) is 22.8. The molecule has 4 rings (SSSR count). The molecule has 0 aliphatic carbocycles. The van der Waals surface area contributed by atoms with Gasteiger partial charge >= 0.3 is 0 Å². The molecule has 1 aliphatic rings. The van der Waals surface area contributed by atoms with E-state index in [2.05, 4.69) is 5.32 Å². The van der Waals surface area contributed by atoms with Crippen molar-refractivity contribution in [2.75, 3.05) is 45.7 Å². The van der Waals surface area contributed by atoms with E-state index in [1.165, 1.54) is 11.3 Å². The minimum Gasteiger partial charge on any atom is -0.497 e. The molecule has 1 N–H and O–H groups in total. The first kappa shape index (κ1) is 22.9. The molecule has 2 heterocycles. The summed E-state index contributed by atoms with van der Waals surface area (Å²) in [4.78, 5) is 17.5. The van der Waals surface area contributed by atoms with E-state index in [1.807, 2.05) is 40.1 Å². The van der Waals surface area contributed by atoms with Crippen molar-refractivity contribution in [1.29, 1.82) is 0 Å². The number of methoxy groups -OCH3 is 2. The third kappa shape index (κ3) is 4.59. The summed E-state index contributed by atoms with van der Waals surface area (Å²) >= 11 is 19.6. The normalized spacial score (nSPS) is 13.9. The largest absolute Gasteiger partial charge is 0.497 e. The summed E-state index contributed by atoms with van der Waals surface area (Å²) in [6.07, 6.45) is 0. The van der Waals surface area contributed by atoms with Crippen molar-refractivity contribution >= 4 is 73.5 Å². The molecule has 0 spiro atoms. The maximum atomic E-state index is 13.1. The molecule has 168 valence electrons. The number of carbonyl (C=O) groups is 1. The topological polar surface area (TPSA) is 54.0 Å². The molecule has 0 radical (unpaired) electrons. The zero-order valence-corrected chi connectivity index (χ0v) is 20.6. The Morgan fingerprint density at radius 1 is 1.03 bits per heavy atom. The van der Waals surface area contributed by atoms with E-state index < -0.39 is 0 Å². The molecule has 32 heavy (non-hydrogen) atoms. The number of halogens is 2. The van der Waals surface area contributed by atoms with Crippen LogP contribution in [0.25, 0.3) is 10.1 Å². The predicted octanol–water partition coefficient (Wildman–Crippen LogP) is 5.38. The quantitative estimate of drug-likeness (QED) is 0.476. The number of rotatable bonds is 4. The van der Waals surface area contributed by atoms with E-state index in [0.29, 0.717) is 57.7 Å². The molecule has 6 nitrogen and oxygen atoms in total. The van der Waals surface area contributed by atoms with E-state index in [0.717, 1.165) is 15.8 Å². The van der Waals surface area contributed by atoms with E-state index in [4.69, 9.17) is 44.9 Å². The van der Waals surface area contributed by atoms with Crippen LogP contribution in [0.3, 0.4) is 0 Å². The van der Waals surface area contributed by atoms with Crippen molar-refractivity contribution in [1.82, 2.24) is 9.80 Å². The number of ether oxygens (including phenoxy) is 2. The fraction of sp³-hybridized carbons (Fsp3) is 0.273. The average Bonchev–Trinajstić information content (AvgIpc) is 3.13. The van der Waals surface area contributed by atoms with Crippen LogP contribution >= 0.6 is 46.8 Å². The molecule has 0 saturated carbocycles. The van der Waals surface area contributed by atoms with E-state index in [-0.39, 0.29) is 5.91 Å². The number of carbonyl (C=O) groups excluding carboxylic acids is 1. The van der Waals surface area contributed by atoms with E-state index in [1.54, 1.807) is 20.3 Å². The lowest BCUT2D eigenvalue weighted by Gasteiger charge is -2.36. The maximum Gasteiger partial charge on any atom is 0.265 e. The Morgan fingerprint density at radius 3 is 2.44 bits per heavy atom. The summed E-state index contributed by atoms with van der Waals surface area (Å²) in [5.74, 6) is 1.30. The van der Waals surface area contributed by atoms with Gasteiger partial charge < -0.3 is 24.6 Å². The highest BCUT2D eigenvalue weighted by molar-refractivity contribution is 7.80. The van der Waals surface area contributed by atoms with Gasteiger partial charge in [-0.15, -0.1) is 11.3 Å². The van der Waals surface area contributed by atoms with Crippen LogP contribution in [-0.2, 0) is 0 Å². The lowest BCUT2D eigenvalue weighted by Crippen LogP contribution is -2.51. The predicted molar refractivity (Wildman–Crippen MR) is 135 cm³/mol. The number of nitrogens with zero attached hydrogens (tertiary/aromatic N) is 2. The lowest BCUT2D eigenvalue weighted by atomic mass is 10.2. The fourth-order valence-corrected chi connectivity index (χ4v) is 5.59. The van der Waals surface area contributed by atoms with Gasteiger partial charge in [-0.1, -0.05) is 29.3 Å². The molecular formula is C22H21Cl2N3O3S2. The van der Waals surface area contributed by atoms with Gasteiger partial charge in [0, 0.05) is 47.4 Å². The number of benzene rings is 2. The Morgan fingerprint density at radius 2 is 1.75 bits per heavy atom. The van der Waals surface area contributed by atoms with Crippen molar-refractivity contribution in [3.05, 3.63) is 51.3 Å². The van der Waals surface area contributed by atoms with Crippen LogP contribution in [0.2, 0.25) is 10.0 Å². The van der Waals surface area contributed by atoms with Gasteiger partial charge in [0.15, 0.2) is 5.11 Å². The van der Waals surface area contributed by atoms with Gasteiger partial charge in [-0.25, -0.2) is 0 Å². The zero-order valence-electron chi connectivity index (χ0n) is 17.5. The van der Waals surface area contributed by atoms with Crippen molar-refractivity contribution in [2.45, 2.75) is 0 Å². The van der Waals surface area contributed by atoms with Crippen molar-refractivity contribution in [3.8, 4) is 11.5 Å². The summed E-state index contributed by atoms with van der Waals surface area (Å²) in [7, 11) is 3.21. The van der Waals surface area contributed by atoms with Gasteiger partial charge in [-0.05, 0) is 36.5 Å². The minimum atomic E-state index is -0.0692. The minimum absolute atomic E-state index is 0.0692. The third-order valence-electron chi connectivity index (χ3n) is 5.29. The third-order valence-corrected chi connectivity index (χ3v) is 7.53. The number of thiophene rings is 1. The molecule has 1 saturated heterocycles. The van der Waals surface area contributed by atoms with Gasteiger partial charge in [0.25, 0.3) is 5.91 Å². The van der Waals surface area contributed by atoms with Gasteiger partial charge in [0.2, 0.25) is 0 Å². The first-order valence-electron chi connectivity index (χ1n) is 9.86. The number of thiocarbonyl (C=S) groups is 1. The molecule has 10 heteroatoms. The molecule has 2 aromatic carbocycles. The highest BCUT2D eigenvalue weighted by atomic mass is 35.5. The van der Waals surface area contributed by atoms with Crippen LogP contribution in [0.1, 0.15) is 9.67 Å². The van der Waals surface area contributed by atoms with Crippen LogP contribution in [0.4, 0.5) is 5.69 Å². The summed E-state index contributed by atoms with van der Waals surface area (Å²) in [6.45, 7) is 2.30. The number of piperazine rings is 1. The monoisotopic (exact) mass is 509 g/mol. The molecule has 0 unspecified atom stereocenters. The van der Waals surface area contributed by atoms with Crippen LogP contribution in [0, 0.1) is 0 Å². The van der Waals surface area contributed by atoms with E-state index in [9.17, 15) is 4.79 Å². The highest BCUT2D eigenvalue weighted by Gasteiger charge is 2.27. The Labute approximate surface area is 205 Å². The summed E-state index contributed by atoms with van der Waals surface area (Å²) in [5, 5.41) is 5.75. The maximum absolute atomic E-state index is 13.1.